The smallest absolute Gasteiger partial charge is 0.282 e. The Bertz CT molecular complexity index is 1140. The topological polar surface area (TPSA) is 77.1 Å². The van der Waals surface area contributed by atoms with Crippen LogP contribution >= 0.6 is 0 Å². The maximum atomic E-state index is 12.8. The van der Waals surface area contributed by atoms with Crippen LogP contribution in [0.15, 0.2) is 84.4 Å². The van der Waals surface area contributed by atoms with Gasteiger partial charge in [-0.1, -0.05) is 42.5 Å². The number of para-hydroxylation sites is 2. The maximum absolute atomic E-state index is 12.8. The van der Waals surface area contributed by atoms with Crippen LogP contribution < -0.4 is 24.6 Å². The van der Waals surface area contributed by atoms with Gasteiger partial charge in [-0.25, -0.2) is 5.01 Å². The lowest BCUT2D eigenvalue weighted by molar-refractivity contribution is -0.117. The molecule has 0 bridgehead atoms. The predicted molar refractivity (Wildman–Crippen MR) is 120 cm³/mol. The number of nitrogens with zero attached hydrogens (tertiary/aromatic N) is 1. The molecule has 7 heteroatoms. The van der Waals surface area contributed by atoms with Gasteiger partial charge < -0.3 is 14.2 Å². The Morgan fingerprint density at radius 1 is 0.844 bits per heavy atom. The Morgan fingerprint density at radius 3 is 2.38 bits per heavy atom. The summed E-state index contributed by atoms with van der Waals surface area (Å²) in [6.07, 6.45) is 1.54. The summed E-state index contributed by atoms with van der Waals surface area (Å²) >= 11 is 0. The normalized spacial score (nSPS) is 14.4. The number of hydrogen-bond acceptors (Lipinski definition) is 5. The van der Waals surface area contributed by atoms with Crippen molar-refractivity contribution in [2.24, 2.45) is 0 Å². The standard InChI is InChI=1S/C25H22N2O5/c1-30-20-11-7-12-21(17-20)31-14-15-32-23-13-6-5-8-18(23)16-22-24(28)26-27(25(22)29)19-9-3-2-4-10-19/h2-13,16-17H,14-15H2,1H3,(H,26,28)/b22-16+. The molecule has 3 aromatic rings. The molecule has 0 unspecified atom stereocenters. The molecular weight excluding hydrogens is 408 g/mol. The van der Waals surface area contributed by atoms with Gasteiger partial charge in [-0.3, -0.25) is 15.0 Å². The van der Waals surface area contributed by atoms with Gasteiger partial charge in [0.25, 0.3) is 11.8 Å². The van der Waals surface area contributed by atoms with E-state index in [2.05, 4.69) is 5.43 Å². The molecule has 7 nitrogen and oxygen atoms in total. The van der Waals surface area contributed by atoms with Crippen LogP contribution in [0.3, 0.4) is 0 Å². The lowest BCUT2D eigenvalue weighted by atomic mass is 10.1. The van der Waals surface area contributed by atoms with Crippen molar-refractivity contribution in [3.8, 4) is 17.2 Å². The number of nitrogens with one attached hydrogen (secondary N) is 1. The highest BCUT2D eigenvalue weighted by Gasteiger charge is 2.34. The van der Waals surface area contributed by atoms with Gasteiger partial charge in [-0.2, -0.15) is 0 Å². The summed E-state index contributed by atoms with van der Waals surface area (Å²) in [7, 11) is 1.60. The molecule has 0 atom stereocenters. The van der Waals surface area contributed by atoms with Gasteiger partial charge in [0.1, 0.15) is 36.0 Å². The molecule has 32 heavy (non-hydrogen) atoms. The molecule has 4 rings (SSSR count). The summed E-state index contributed by atoms with van der Waals surface area (Å²) < 4.78 is 16.7. The van der Waals surface area contributed by atoms with E-state index in [0.29, 0.717) is 35.1 Å². The predicted octanol–water partition coefficient (Wildman–Crippen LogP) is 3.61. The minimum absolute atomic E-state index is 0.0394. The van der Waals surface area contributed by atoms with Crippen LogP contribution in [0.4, 0.5) is 5.69 Å². The third-order valence-corrected chi connectivity index (χ3v) is 4.78. The van der Waals surface area contributed by atoms with Crippen molar-refractivity contribution in [1.82, 2.24) is 5.43 Å². The molecule has 1 fully saturated rings. The Hall–Kier alpha value is -4.26. The van der Waals surface area contributed by atoms with Gasteiger partial charge in [0.15, 0.2) is 0 Å². The number of hydrazine groups is 1. The van der Waals surface area contributed by atoms with E-state index in [1.165, 1.54) is 5.01 Å². The van der Waals surface area contributed by atoms with Crippen LogP contribution in [0.1, 0.15) is 5.56 Å². The molecule has 3 aromatic carbocycles. The molecule has 1 saturated heterocycles. The molecule has 162 valence electrons. The van der Waals surface area contributed by atoms with Crippen molar-refractivity contribution in [3.05, 3.63) is 90.0 Å². The van der Waals surface area contributed by atoms with Crippen molar-refractivity contribution in [2.75, 3.05) is 25.3 Å². The molecule has 1 aliphatic rings. The van der Waals surface area contributed by atoms with E-state index in [0.717, 1.165) is 0 Å². The molecule has 2 amide bonds. The highest BCUT2D eigenvalue weighted by atomic mass is 16.5. The number of anilines is 1. The first-order valence-electron chi connectivity index (χ1n) is 10.1. The van der Waals surface area contributed by atoms with Gasteiger partial charge in [-0.15, -0.1) is 0 Å². The highest BCUT2D eigenvalue weighted by molar-refractivity contribution is 6.31. The second-order valence-corrected chi connectivity index (χ2v) is 6.89. The summed E-state index contributed by atoms with van der Waals surface area (Å²) in [5.41, 5.74) is 3.85. The van der Waals surface area contributed by atoms with E-state index in [9.17, 15) is 9.59 Å². The van der Waals surface area contributed by atoms with Crippen molar-refractivity contribution in [3.63, 3.8) is 0 Å². The quantitative estimate of drug-likeness (QED) is 0.336. The minimum Gasteiger partial charge on any atom is -0.497 e. The molecular formula is C25H22N2O5. The monoisotopic (exact) mass is 430 g/mol. The Morgan fingerprint density at radius 2 is 1.56 bits per heavy atom. The van der Waals surface area contributed by atoms with E-state index < -0.39 is 11.8 Å². The Balaban J connectivity index is 1.43. The number of benzene rings is 3. The summed E-state index contributed by atoms with van der Waals surface area (Å²) in [5.74, 6) is 1.06. The Labute approximate surface area is 185 Å². The van der Waals surface area contributed by atoms with E-state index in [-0.39, 0.29) is 12.2 Å². The highest BCUT2D eigenvalue weighted by Crippen LogP contribution is 2.25. The van der Waals surface area contributed by atoms with Crippen molar-refractivity contribution in [1.29, 1.82) is 0 Å². The average Bonchev–Trinajstić information content (AvgIpc) is 3.12. The second kappa shape index (κ2) is 9.70. The first kappa shape index (κ1) is 21.0. The largest absolute Gasteiger partial charge is 0.497 e. The van der Waals surface area contributed by atoms with E-state index in [4.69, 9.17) is 14.2 Å². The number of hydrogen-bond donors (Lipinski definition) is 1. The molecule has 0 spiro atoms. The molecule has 1 heterocycles. The third-order valence-electron chi connectivity index (χ3n) is 4.78. The van der Waals surface area contributed by atoms with Crippen LogP contribution in [0, 0.1) is 0 Å². The molecule has 0 radical (unpaired) electrons. The number of amides is 2. The zero-order valence-corrected chi connectivity index (χ0v) is 17.5. The summed E-state index contributed by atoms with van der Waals surface area (Å²) in [6.45, 7) is 0.604. The molecule has 0 saturated carbocycles. The number of rotatable bonds is 8. The SMILES string of the molecule is COc1cccc(OCCOc2ccccc2/C=C2\C(=O)NN(c3ccccc3)C2=O)c1. The second-order valence-electron chi connectivity index (χ2n) is 6.89. The van der Waals surface area contributed by atoms with Gasteiger partial charge in [0.2, 0.25) is 0 Å². The van der Waals surface area contributed by atoms with E-state index in [1.807, 2.05) is 36.4 Å². The number of carbonyl (C=O) groups is 2. The number of carbonyl (C=O) groups excluding carboxylic acids is 2. The number of ether oxygens (including phenoxy) is 3. The van der Waals surface area contributed by atoms with Crippen LogP contribution in [-0.4, -0.2) is 32.1 Å². The fourth-order valence-electron chi connectivity index (χ4n) is 3.21. The Kier molecular flexibility index (Phi) is 6.36. The van der Waals surface area contributed by atoms with Gasteiger partial charge in [-0.05, 0) is 36.4 Å². The summed E-state index contributed by atoms with van der Waals surface area (Å²) in [5, 5.41) is 1.24. The van der Waals surface area contributed by atoms with Gasteiger partial charge in [0, 0.05) is 11.6 Å². The molecule has 0 aliphatic carbocycles. The molecule has 1 N–H and O–H groups in total. The van der Waals surface area contributed by atoms with Crippen LogP contribution in [0.2, 0.25) is 0 Å². The lowest BCUT2D eigenvalue weighted by Crippen LogP contribution is -2.35. The fraction of sp³-hybridized carbons (Fsp3) is 0.120. The van der Waals surface area contributed by atoms with Crippen molar-refractivity contribution in [2.45, 2.75) is 0 Å². The summed E-state index contributed by atoms with van der Waals surface area (Å²) in [4.78, 5) is 25.2. The zero-order valence-electron chi connectivity index (χ0n) is 17.5. The van der Waals surface area contributed by atoms with Crippen molar-refractivity contribution < 1.29 is 23.8 Å². The fourth-order valence-corrected chi connectivity index (χ4v) is 3.21. The molecule has 0 aromatic heterocycles. The van der Waals surface area contributed by atoms with Gasteiger partial charge >= 0.3 is 0 Å². The third kappa shape index (κ3) is 4.73. The number of methoxy groups -OCH3 is 1. The van der Waals surface area contributed by atoms with Crippen LogP contribution in [0.5, 0.6) is 17.2 Å². The molecule has 1 aliphatic heterocycles. The summed E-state index contributed by atoms with van der Waals surface area (Å²) in [6, 6.07) is 23.5. The average molecular weight is 430 g/mol. The lowest BCUT2D eigenvalue weighted by Gasteiger charge is -2.14. The van der Waals surface area contributed by atoms with Crippen molar-refractivity contribution >= 4 is 23.6 Å². The minimum atomic E-state index is -0.463. The first-order valence-corrected chi connectivity index (χ1v) is 10.1. The van der Waals surface area contributed by atoms with Crippen LogP contribution in [-0.2, 0) is 9.59 Å². The van der Waals surface area contributed by atoms with E-state index >= 15 is 0 Å². The first-order chi connectivity index (χ1) is 15.7. The van der Waals surface area contributed by atoms with Crippen LogP contribution in [0.25, 0.3) is 6.08 Å². The van der Waals surface area contributed by atoms with E-state index in [1.54, 1.807) is 55.7 Å². The van der Waals surface area contributed by atoms with Gasteiger partial charge in [0.05, 0.1) is 12.8 Å². The maximum Gasteiger partial charge on any atom is 0.282 e. The zero-order chi connectivity index (χ0) is 22.3.